The lowest BCUT2D eigenvalue weighted by Gasteiger charge is -2.18. The van der Waals surface area contributed by atoms with Gasteiger partial charge in [0, 0.05) is 7.11 Å². The third kappa shape index (κ3) is 7.30. The number of methoxy groups -OCH3 is 1. The van der Waals surface area contributed by atoms with Gasteiger partial charge in [-0.1, -0.05) is 13.8 Å². The SMILES string of the molecule is COC(C)CS(=O)(=O)NC(CC(C)C)C(=O)O. The molecule has 0 aromatic heterocycles. The lowest BCUT2D eigenvalue weighted by atomic mass is 10.1. The zero-order valence-electron chi connectivity index (χ0n) is 10.6. The molecule has 0 fully saturated rings. The molecule has 0 saturated carbocycles. The van der Waals surface area contributed by atoms with E-state index in [0.29, 0.717) is 0 Å². The van der Waals surface area contributed by atoms with Crippen LogP contribution in [0.1, 0.15) is 27.2 Å². The van der Waals surface area contributed by atoms with E-state index in [0.717, 1.165) is 0 Å². The molecule has 0 aliphatic rings. The smallest absolute Gasteiger partial charge is 0.321 e. The first kappa shape index (κ1) is 16.3. The third-order valence-corrected chi connectivity index (χ3v) is 3.74. The normalized spacial score (nSPS) is 15.8. The molecule has 0 aliphatic carbocycles. The number of nitrogens with one attached hydrogen (secondary N) is 1. The summed E-state index contributed by atoms with van der Waals surface area (Å²) in [4.78, 5) is 10.9. The Morgan fingerprint density at radius 1 is 1.35 bits per heavy atom. The highest BCUT2D eigenvalue weighted by Crippen LogP contribution is 2.07. The summed E-state index contributed by atoms with van der Waals surface area (Å²) in [6, 6.07) is -1.08. The predicted octanol–water partition coefficient (Wildman–Crippen LogP) is 0.440. The Labute approximate surface area is 102 Å². The first-order valence-corrected chi connectivity index (χ1v) is 7.08. The number of carboxylic acid groups (broad SMARTS) is 1. The molecule has 0 aromatic carbocycles. The van der Waals surface area contributed by atoms with Crippen LogP contribution in [0.5, 0.6) is 0 Å². The molecule has 0 amide bonds. The Balaban J connectivity index is 4.58. The number of aliphatic carboxylic acids is 1. The maximum atomic E-state index is 11.6. The highest BCUT2D eigenvalue weighted by atomic mass is 32.2. The van der Waals surface area contributed by atoms with Crippen LogP contribution >= 0.6 is 0 Å². The number of hydrogen-bond donors (Lipinski definition) is 2. The zero-order chi connectivity index (χ0) is 13.6. The van der Waals surface area contributed by atoms with Gasteiger partial charge in [-0.15, -0.1) is 0 Å². The number of rotatable bonds is 8. The summed E-state index contributed by atoms with van der Waals surface area (Å²) in [7, 11) is -2.23. The molecule has 17 heavy (non-hydrogen) atoms. The highest BCUT2D eigenvalue weighted by molar-refractivity contribution is 7.89. The first-order valence-electron chi connectivity index (χ1n) is 5.43. The average Bonchev–Trinajstić information content (AvgIpc) is 2.14. The van der Waals surface area contributed by atoms with E-state index in [2.05, 4.69) is 4.72 Å². The van der Waals surface area contributed by atoms with Crippen molar-refractivity contribution in [2.45, 2.75) is 39.3 Å². The summed E-state index contributed by atoms with van der Waals surface area (Å²) in [5.41, 5.74) is 0. The average molecular weight is 267 g/mol. The second kappa shape index (κ2) is 6.93. The molecular weight excluding hydrogens is 246 g/mol. The number of carboxylic acids is 1. The van der Waals surface area contributed by atoms with E-state index in [1.165, 1.54) is 7.11 Å². The second-order valence-corrected chi connectivity index (χ2v) is 6.26. The molecule has 0 aromatic rings. The lowest BCUT2D eigenvalue weighted by Crippen LogP contribution is -2.44. The second-order valence-electron chi connectivity index (χ2n) is 4.47. The fourth-order valence-corrected chi connectivity index (χ4v) is 2.79. The summed E-state index contributed by atoms with van der Waals surface area (Å²) >= 11 is 0. The molecular formula is C10H21NO5S. The summed E-state index contributed by atoms with van der Waals surface area (Å²) in [6.45, 7) is 5.28. The maximum Gasteiger partial charge on any atom is 0.321 e. The molecule has 2 atom stereocenters. The standard InChI is InChI=1S/C10H21NO5S/c1-7(2)5-9(10(12)13)11-17(14,15)6-8(3)16-4/h7-9,11H,5-6H2,1-4H3,(H,12,13). The molecule has 6 nitrogen and oxygen atoms in total. The molecule has 0 heterocycles. The van der Waals surface area contributed by atoms with Crippen LogP contribution in [0.4, 0.5) is 0 Å². The summed E-state index contributed by atoms with van der Waals surface area (Å²) < 4.78 is 30.3. The van der Waals surface area contributed by atoms with Gasteiger partial charge in [-0.25, -0.2) is 13.1 Å². The van der Waals surface area contributed by atoms with Crippen molar-refractivity contribution in [3.63, 3.8) is 0 Å². The van der Waals surface area contributed by atoms with Gasteiger partial charge < -0.3 is 9.84 Å². The lowest BCUT2D eigenvalue weighted by molar-refractivity contribution is -0.139. The van der Waals surface area contributed by atoms with Crippen molar-refractivity contribution in [2.75, 3.05) is 12.9 Å². The van der Waals surface area contributed by atoms with Crippen LogP contribution in [0.25, 0.3) is 0 Å². The topological polar surface area (TPSA) is 92.7 Å². The van der Waals surface area contributed by atoms with Gasteiger partial charge >= 0.3 is 5.97 Å². The summed E-state index contributed by atoms with van der Waals surface area (Å²) in [5.74, 6) is -1.31. The van der Waals surface area contributed by atoms with E-state index in [1.54, 1.807) is 6.92 Å². The van der Waals surface area contributed by atoms with E-state index in [-0.39, 0.29) is 18.1 Å². The van der Waals surface area contributed by atoms with Crippen LogP contribution in [0.15, 0.2) is 0 Å². The Morgan fingerprint density at radius 2 is 1.88 bits per heavy atom. The van der Waals surface area contributed by atoms with E-state index in [1.807, 2.05) is 13.8 Å². The predicted molar refractivity (Wildman–Crippen MR) is 64.3 cm³/mol. The van der Waals surface area contributed by atoms with Crippen LogP contribution < -0.4 is 4.72 Å². The van der Waals surface area contributed by atoms with E-state index in [9.17, 15) is 13.2 Å². The van der Waals surface area contributed by atoms with Gasteiger partial charge in [-0.3, -0.25) is 4.79 Å². The molecule has 2 N–H and O–H groups in total. The highest BCUT2D eigenvalue weighted by Gasteiger charge is 2.25. The number of hydrogen-bond acceptors (Lipinski definition) is 4. The first-order chi connectivity index (χ1) is 7.68. The van der Waals surface area contributed by atoms with Gasteiger partial charge in [0.2, 0.25) is 10.0 Å². The van der Waals surface area contributed by atoms with Crippen molar-refractivity contribution < 1.29 is 23.1 Å². The molecule has 0 rings (SSSR count). The van der Waals surface area contributed by atoms with Gasteiger partial charge in [0.05, 0.1) is 11.9 Å². The van der Waals surface area contributed by atoms with Crippen LogP contribution in [0.2, 0.25) is 0 Å². The van der Waals surface area contributed by atoms with Crippen molar-refractivity contribution in [2.24, 2.45) is 5.92 Å². The minimum absolute atomic E-state index is 0.0960. The van der Waals surface area contributed by atoms with E-state index in [4.69, 9.17) is 9.84 Å². The van der Waals surface area contributed by atoms with Crippen molar-refractivity contribution >= 4 is 16.0 Å². The summed E-state index contributed by atoms with van der Waals surface area (Å²) in [6.07, 6.45) is -0.211. The van der Waals surface area contributed by atoms with Crippen molar-refractivity contribution in [3.8, 4) is 0 Å². The molecule has 0 bridgehead atoms. The van der Waals surface area contributed by atoms with Crippen molar-refractivity contribution in [3.05, 3.63) is 0 Å². The van der Waals surface area contributed by atoms with Crippen LogP contribution in [0.3, 0.4) is 0 Å². The van der Waals surface area contributed by atoms with Gasteiger partial charge in [0.15, 0.2) is 0 Å². The van der Waals surface area contributed by atoms with Crippen molar-refractivity contribution in [1.29, 1.82) is 0 Å². The minimum Gasteiger partial charge on any atom is -0.480 e. The molecule has 7 heteroatoms. The molecule has 0 spiro atoms. The molecule has 102 valence electrons. The number of sulfonamides is 1. The fourth-order valence-electron chi connectivity index (χ4n) is 1.31. The molecule has 0 radical (unpaired) electrons. The van der Waals surface area contributed by atoms with E-state index < -0.39 is 28.1 Å². The maximum absolute atomic E-state index is 11.6. The number of carbonyl (C=O) groups is 1. The van der Waals surface area contributed by atoms with Crippen LogP contribution in [-0.4, -0.2) is 44.5 Å². The zero-order valence-corrected chi connectivity index (χ0v) is 11.5. The van der Waals surface area contributed by atoms with Gasteiger partial charge in [0.25, 0.3) is 0 Å². The Hall–Kier alpha value is -0.660. The van der Waals surface area contributed by atoms with Crippen molar-refractivity contribution in [1.82, 2.24) is 4.72 Å². The summed E-state index contributed by atoms with van der Waals surface area (Å²) in [5, 5.41) is 8.92. The molecule has 0 aliphatic heterocycles. The third-order valence-electron chi connectivity index (χ3n) is 2.18. The molecule has 0 saturated heterocycles. The van der Waals surface area contributed by atoms with Gasteiger partial charge in [0.1, 0.15) is 6.04 Å². The quantitative estimate of drug-likeness (QED) is 0.665. The number of ether oxygens (including phenoxy) is 1. The van der Waals surface area contributed by atoms with Gasteiger partial charge in [-0.05, 0) is 19.3 Å². The van der Waals surface area contributed by atoms with E-state index >= 15 is 0 Å². The minimum atomic E-state index is -3.64. The monoisotopic (exact) mass is 267 g/mol. The largest absolute Gasteiger partial charge is 0.480 e. The van der Waals surface area contributed by atoms with Gasteiger partial charge in [-0.2, -0.15) is 0 Å². The Morgan fingerprint density at radius 3 is 2.24 bits per heavy atom. The fraction of sp³-hybridized carbons (Fsp3) is 0.900. The Bertz CT molecular complexity index is 339. The molecule has 2 unspecified atom stereocenters. The van der Waals surface area contributed by atoms with Crippen LogP contribution in [-0.2, 0) is 19.6 Å². The Kier molecular flexibility index (Phi) is 6.66. The van der Waals surface area contributed by atoms with Crippen LogP contribution in [0, 0.1) is 5.92 Å².